The van der Waals surface area contributed by atoms with Gasteiger partial charge in [0, 0.05) is 12.1 Å². The number of ketones is 1. The lowest BCUT2D eigenvalue weighted by Crippen LogP contribution is -2.21. The standard InChI is InChI=1S/C36H45NO/c1-6-29-17-19-31(20-18-29)25-34(23-27(3)4)37-36(7-2)33-16-12-11-15-32(28(5)24-33)26-35(38)22-21-30-13-9-8-10-14-30/h6,8-10,13-14,16-22,28,32,34H,1,3,7,11-12,15,23-26H2,2,4-5H3/b22-21+,33-16+,37-36?. The first kappa shape index (κ1) is 29.3. The summed E-state index contributed by atoms with van der Waals surface area (Å²) >= 11 is 0. The van der Waals surface area contributed by atoms with Crippen LogP contribution in [0.25, 0.3) is 12.2 Å². The molecule has 200 valence electrons. The van der Waals surface area contributed by atoms with E-state index < -0.39 is 0 Å². The van der Waals surface area contributed by atoms with E-state index in [4.69, 9.17) is 4.99 Å². The van der Waals surface area contributed by atoms with Crippen molar-refractivity contribution in [2.45, 2.75) is 78.2 Å². The summed E-state index contributed by atoms with van der Waals surface area (Å²) in [5.41, 5.74) is 7.27. The topological polar surface area (TPSA) is 29.4 Å². The number of nitrogens with zero attached hydrogens (tertiary/aromatic N) is 1. The van der Waals surface area contributed by atoms with Crippen molar-refractivity contribution in [3.05, 3.63) is 108 Å². The lowest BCUT2D eigenvalue weighted by Gasteiger charge is -2.27. The Morgan fingerprint density at radius 2 is 1.84 bits per heavy atom. The number of carbonyl (C=O) groups is 1. The highest BCUT2D eigenvalue weighted by Gasteiger charge is 2.24. The average Bonchev–Trinajstić information content (AvgIpc) is 2.91. The predicted molar refractivity (Wildman–Crippen MR) is 165 cm³/mol. The third-order valence-corrected chi connectivity index (χ3v) is 7.56. The predicted octanol–water partition coefficient (Wildman–Crippen LogP) is 9.48. The van der Waals surface area contributed by atoms with E-state index in [0.717, 1.165) is 56.1 Å². The average molecular weight is 508 g/mol. The van der Waals surface area contributed by atoms with Gasteiger partial charge in [-0.25, -0.2) is 0 Å². The minimum absolute atomic E-state index is 0.180. The summed E-state index contributed by atoms with van der Waals surface area (Å²) in [5.74, 6) is 1.07. The molecule has 2 heteroatoms. The maximum Gasteiger partial charge on any atom is 0.155 e. The summed E-state index contributed by atoms with van der Waals surface area (Å²) in [6.45, 7) is 14.7. The Bertz CT molecular complexity index is 1150. The highest BCUT2D eigenvalue weighted by Crippen LogP contribution is 2.32. The van der Waals surface area contributed by atoms with E-state index in [0.29, 0.717) is 18.3 Å². The molecule has 2 nitrogen and oxygen atoms in total. The normalized spacial score (nSPS) is 20.7. The van der Waals surface area contributed by atoms with E-state index in [-0.39, 0.29) is 11.8 Å². The molecule has 0 amide bonds. The maximum absolute atomic E-state index is 12.8. The van der Waals surface area contributed by atoms with Gasteiger partial charge >= 0.3 is 0 Å². The summed E-state index contributed by atoms with van der Waals surface area (Å²) in [6, 6.07) is 18.9. The van der Waals surface area contributed by atoms with Gasteiger partial charge in [0.2, 0.25) is 0 Å². The quantitative estimate of drug-likeness (QED) is 0.160. The minimum Gasteiger partial charge on any atom is -0.295 e. The zero-order valence-electron chi connectivity index (χ0n) is 23.7. The summed E-state index contributed by atoms with van der Waals surface area (Å²) in [5, 5.41) is 0. The lowest BCUT2D eigenvalue weighted by molar-refractivity contribution is -0.115. The first-order chi connectivity index (χ1) is 18.4. The molecule has 1 aliphatic carbocycles. The van der Waals surface area contributed by atoms with E-state index in [9.17, 15) is 4.79 Å². The second-order valence-corrected chi connectivity index (χ2v) is 10.9. The van der Waals surface area contributed by atoms with Gasteiger partial charge < -0.3 is 0 Å². The van der Waals surface area contributed by atoms with Crippen molar-refractivity contribution in [1.29, 1.82) is 0 Å². The summed E-state index contributed by atoms with van der Waals surface area (Å²) in [6.07, 6.45) is 15.6. The summed E-state index contributed by atoms with van der Waals surface area (Å²) in [7, 11) is 0. The zero-order valence-corrected chi connectivity index (χ0v) is 23.7. The first-order valence-corrected chi connectivity index (χ1v) is 14.3. The van der Waals surface area contributed by atoms with Crippen LogP contribution >= 0.6 is 0 Å². The molecule has 0 radical (unpaired) electrons. The fourth-order valence-corrected chi connectivity index (χ4v) is 5.41. The number of benzene rings is 2. The number of carbonyl (C=O) groups excluding carboxylic acids is 1. The molecule has 0 bridgehead atoms. The molecular weight excluding hydrogens is 462 g/mol. The molecule has 0 aromatic heterocycles. The summed E-state index contributed by atoms with van der Waals surface area (Å²) in [4.78, 5) is 18.2. The van der Waals surface area contributed by atoms with Crippen LogP contribution in [-0.2, 0) is 11.2 Å². The molecule has 1 aliphatic rings. The molecule has 3 atom stereocenters. The molecule has 0 spiro atoms. The number of aliphatic imine (C=N–C) groups is 1. The molecule has 0 saturated carbocycles. The van der Waals surface area contributed by atoms with E-state index in [1.54, 1.807) is 6.08 Å². The Morgan fingerprint density at radius 3 is 2.50 bits per heavy atom. The zero-order chi connectivity index (χ0) is 27.3. The highest BCUT2D eigenvalue weighted by atomic mass is 16.1. The second-order valence-electron chi connectivity index (χ2n) is 10.9. The van der Waals surface area contributed by atoms with Gasteiger partial charge in [-0.2, -0.15) is 0 Å². The van der Waals surface area contributed by atoms with Crippen LogP contribution in [0.4, 0.5) is 0 Å². The van der Waals surface area contributed by atoms with Crippen LogP contribution in [0.15, 0.2) is 96.0 Å². The Morgan fingerprint density at radius 1 is 1.11 bits per heavy atom. The SMILES string of the molecule is C=Cc1ccc(CC(CC(=C)C)N=C(CC)/C2=C/CCCC(CC(=O)/C=C/c3ccccc3)C(C)C2)cc1. The fraction of sp³-hybridized carbons (Fsp3) is 0.389. The largest absolute Gasteiger partial charge is 0.295 e. The van der Waals surface area contributed by atoms with E-state index in [2.05, 4.69) is 64.3 Å². The Balaban J connectivity index is 1.71. The van der Waals surface area contributed by atoms with Crippen molar-refractivity contribution >= 4 is 23.6 Å². The smallest absolute Gasteiger partial charge is 0.155 e. The van der Waals surface area contributed by atoms with Gasteiger partial charge in [0.15, 0.2) is 5.78 Å². The monoisotopic (exact) mass is 507 g/mol. The third-order valence-electron chi connectivity index (χ3n) is 7.56. The molecule has 2 aromatic rings. The van der Waals surface area contributed by atoms with Crippen molar-refractivity contribution < 1.29 is 4.79 Å². The van der Waals surface area contributed by atoms with Gasteiger partial charge in [-0.05, 0) is 92.0 Å². The van der Waals surface area contributed by atoms with Crippen molar-refractivity contribution in [3.63, 3.8) is 0 Å². The summed E-state index contributed by atoms with van der Waals surface area (Å²) < 4.78 is 0. The Labute approximate surface area is 231 Å². The van der Waals surface area contributed by atoms with Crippen molar-refractivity contribution in [2.75, 3.05) is 0 Å². The van der Waals surface area contributed by atoms with Gasteiger partial charge in [0.05, 0.1) is 6.04 Å². The maximum atomic E-state index is 12.8. The molecule has 3 rings (SSSR count). The fourth-order valence-electron chi connectivity index (χ4n) is 5.41. The van der Waals surface area contributed by atoms with Gasteiger partial charge in [-0.15, -0.1) is 6.58 Å². The van der Waals surface area contributed by atoms with Crippen molar-refractivity contribution in [3.8, 4) is 0 Å². The molecule has 0 aliphatic heterocycles. The number of rotatable bonds is 12. The van der Waals surface area contributed by atoms with Gasteiger partial charge in [-0.1, -0.05) is 98.8 Å². The van der Waals surface area contributed by atoms with Crippen LogP contribution in [0.1, 0.15) is 82.4 Å². The van der Waals surface area contributed by atoms with Crippen LogP contribution in [0.2, 0.25) is 0 Å². The third kappa shape index (κ3) is 9.56. The molecule has 0 saturated heterocycles. The van der Waals surface area contributed by atoms with E-state index in [1.165, 1.54) is 22.4 Å². The molecular formula is C36H45NO. The van der Waals surface area contributed by atoms with Gasteiger partial charge in [-0.3, -0.25) is 9.79 Å². The Kier molecular flexibility index (Phi) is 11.7. The minimum atomic E-state index is 0.180. The molecule has 3 unspecified atom stereocenters. The number of hydrogen-bond acceptors (Lipinski definition) is 2. The molecule has 0 fully saturated rings. The van der Waals surface area contributed by atoms with Crippen molar-refractivity contribution in [1.82, 2.24) is 0 Å². The van der Waals surface area contributed by atoms with Crippen LogP contribution in [-0.4, -0.2) is 17.5 Å². The molecule has 2 aromatic carbocycles. The molecule has 38 heavy (non-hydrogen) atoms. The van der Waals surface area contributed by atoms with Crippen molar-refractivity contribution in [2.24, 2.45) is 16.8 Å². The van der Waals surface area contributed by atoms with Crippen LogP contribution in [0.5, 0.6) is 0 Å². The van der Waals surface area contributed by atoms with Crippen LogP contribution < -0.4 is 0 Å². The molecule has 0 N–H and O–H groups in total. The van der Waals surface area contributed by atoms with E-state index in [1.807, 2.05) is 42.5 Å². The second kappa shape index (κ2) is 15.2. The lowest BCUT2D eigenvalue weighted by atomic mass is 9.78. The molecule has 0 heterocycles. The van der Waals surface area contributed by atoms with Gasteiger partial charge in [0.1, 0.15) is 0 Å². The first-order valence-electron chi connectivity index (χ1n) is 14.3. The highest BCUT2D eigenvalue weighted by molar-refractivity contribution is 6.00. The van der Waals surface area contributed by atoms with Crippen LogP contribution in [0, 0.1) is 11.8 Å². The van der Waals surface area contributed by atoms with Crippen LogP contribution in [0.3, 0.4) is 0 Å². The number of allylic oxidation sites excluding steroid dienone is 3. The van der Waals surface area contributed by atoms with Gasteiger partial charge in [0.25, 0.3) is 0 Å². The Hall–Kier alpha value is -3.26. The van der Waals surface area contributed by atoms with E-state index >= 15 is 0 Å². The number of hydrogen-bond donors (Lipinski definition) is 0.